The molecule has 0 aromatic heterocycles. The van der Waals surface area contributed by atoms with Crippen LogP contribution in [0.25, 0.3) is 0 Å². The van der Waals surface area contributed by atoms with Crippen LogP contribution in [0, 0.1) is 11.2 Å². The summed E-state index contributed by atoms with van der Waals surface area (Å²) in [6.07, 6.45) is 0. The Hall–Kier alpha value is -0.940. The first-order valence-corrected chi connectivity index (χ1v) is 6.02. The van der Waals surface area contributed by atoms with Crippen molar-refractivity contribution in [3.05, 3.63) is 28.5 Å². The van der Waals surface area contributed by atoms with Gasteiger partial charge in [0.15, 0.2) is 0 Å². The van der Waals surface area contributed by atoms with Gasteiger partial charge in [-0.25, -0.2) is 4.39 Å². The summed E-state index contributed by atoms with van der Waals surface area (Å²) in [4.78, 5) is 11.8. The summed E-state index contributed by atoms with van der Waals surface area (Å²) >= 11 is 3.21. The van der Waals surface area contributed by atoms with Crippen LogP contribution in [0.5, 0.6) is 0 Å². The van der Waals surface area contributed by atoms with Crippen molar-refractivity contribution in [1.29, 1.82) is 0 Å². The number of rotatable bonds is 2. The van der Waals surface area contributed by atoms with E-state index in [1.165, 1.54) is 12.1 Å². The first-order valence-electron chi connectivity index (χ1n) is 5.23. The van der Waals surface area contributed by atoms with E-state index in [-0.39, 0.29) is 11.1 Å². The van der Waals surface area contributed by atoms with Crippen molar-refractivity contribution >= 4 is 27.5 Å². The molecule has 1 atom stereocenters. The van der Waals surface area contributed by atoms with Crippen LogP contribution in [0.3, 0.4) is 0 Å². The average molecular weight is 303 g/mol. The molecule has 94 valence electrons. The van der Waals surface area contributed by atoms with E-state index in [1.807, 2.05) is 20.8 Å². The third kappa shape index (κ3) is 3.78. The fraction of sp³-hybridized carbons (Fsp3) is 0.417. The molecule has 0 saturated heterocycles. The number of carbonyl (C=O) groups excluding carboxylic acids is 1. The monoisotopic (exact) mass is 302 g/mol. The quantitative estimate of drug-likeness (QED) is 0.882. The van der Waals surface area contributed by atoms with Crippen LogP contribution in [0.2, 0.25) is 0 Å². The van der Waals surface area contributed by atoms with E-state index >= 15 is 0 Å². The molecule has 0 fully saturated rings. The van der Waals surface area contributed by atoms with Crippen molar-refractivity contribution < 1.29 is 9.18 Å². The molecule has 0 radical (unpaired) electrons. The summed E-state index contributed by atoms with van der Waals surface area (Å²) in [7, 11) is 0. The highest BCUT2D eigenvalue weighted by Gasteiger charge is 2.27. The zero-order chi connectivity index (χ0) is 13.2. The third-order valence-corrected chi connectivity index (χ3v) is 2.90. The molecule has 0 aliphatic heterocycles. The second-order valence-corrected chi connectivity index (χ2v) is 5.87. The van der Waals surface area contributed by atoms with E-state index in [9.17, 15) is 9.18 Å². The van der Waals surface area contributed by atoms with Gasteiger partial charge in [0.25, 0.3) is 0 Å². The Balaban J connectivity index is 2.85. The molecule has 17 heavy (non-hydrogen) atoms. The van der Waals surface area contributed by atoms with Crippen molar-refractivity contribution in [1.82, 2.24) is 0 Å². The Morgan fingerprint density at radius 2 is 2.06 bits per heavy atom. The number of halogens is 2. The number of anilines is 1. The molecule has 1 aromatic rings. The molecule has 0 bridgehead atoms. The number of nitrogens with one attached hydrogen (secondary N) is 1. The lowest BCUT2D eigenvalue weighted by molar-refractivity contribution is -0.119. The van der Waals surface area contributed by atoms with Crippen LogP contribution in [-0.2, 0) is 4.79 Å². The standard InChI is InChI=1S/C12H16BrFN2O/c1-12(2,3)10(15)11(17)16-9-6-7(13)4-5-8(9)14/h4-6,10H,15H2,1-3H3,(H,16,17)/t10-/m0/s1. The molecule has 0 saturated carbocycles. The maximum Gasteiger partial charge on any atom is 0.241 e. The fourth-order valence-electron chi connectivity index (χ4n) is 1.20. The molecular weight excluding hydrogens is 287 g/mol. The zero-order valence-corrected chi connectivity index (χ0v) is 11.6. The zero-order valence-electron chi connectivity index (χ0n) is 10.1. The lowest BCUT2D eigenvalue weighted by atomic mass is 9.87. The Labute approximate surface area is 109 Å². The van der Waals surface area contributed by atoms with Crippen LogP contribution < -0.4 is 11.1 Å². The van der Waals surface area contributed by atoms with Gasteiger partial charge >= 0.3 is 0 Å². The minimum Gasteiger partial charge on any atom is -0.322 e. The highest BCUT2D eigenvalue weighted by molar-refractivity contribution is 9.10. The molecular formula is C12H16BrFN2O. The molecule has 3 nitrogen and oxygen atoms in total. The Bertz CT molecular complexity index is 429. The summed E-state index contributed by atoms with van der Waals surface area (Å²) in [6, 6.07) is 3.65. The van der Waals surface area contributed by atoms with Crippen LogP contribution in [0.1, 0.15) is 20.8 Å². The fourth-order valence-corrected chi connectivity index (χ4v) is 1.56. The number of carbonyl (C=O) groups is 1. The van der Waals surface area contributed by atoms with E-state index < -0.39 is 17.8 Å². The molecule has 1 aromatic carbocycles. The molecule has 0 unspecified atom stereocenters. The highest BCUT2D eigenvalue weighted by Crippen LogP contribution is 2.22. The predicted molar refractivity (Wildman–Crippen MR) is 70.2 cm³/mol. The summed E-state index contributed by atoms with van der Waals surface area (Å²) in [5.41, 5.74) is 5.54. The normalized spacial score (nSPS) is 13.3. The highest BCUT2D eigenvalue weighted by atomic mass is 79.9. The van der Waals surface area contributed by atoms with Crippen molar-refractivity contribution in [3.63, 3.8) is 0 Å². The lowest BCUT2D eigenvalue weighted by Crippen LogP contribution is -2.45. The maximum absolute atomic E-state index is 13.4. The Morgan fingerprint density at radius 3 is 2.59 bits per heavy atom. The van der Waals surface area contributed by atoms with Gasteiger partial charge in [-0.3, -0.25) is 4.79 Å². The van der Waals surface area contributed by atoms with Crippen molar-refractivity contribution in [3.8, 4) is 0 Å². The summed E-state index contributed by atoms with van der Waals surface area (Å²) in [5.74, 6) is -0.878. The van der Waals surface area contributed by atoms with E-state index in [4.69, 9.17) is 5.73 Å². The summed E-state index contributed by atoms with van der Waals surface area (Å²) < 4.78 is 14.1. The smallest absolute Gasteiger partial charge is 0.241 e. The number of amides is 1. The van der Waals surface area contributed by atoms with E-state index in [0.717, 1.165) is 0 Å². The summed E-state index contributed by atoms with van der Waals surface area (Å²) in [5, 5.41) is 2.49. The van der Waals surface area contributed by atoms with E-state index in [2.05, 4.69) is 21.2 Å². The number of benzene rings is 1. The van der Waals surface area contributed by atoms with Gasteiger partial charge in [0.1, 0.15) is 5.82 Å². The molecule has 0 heterocycles. The molecule has 1 rings (SSSR count). The Morgan fingerprint density at radius 1 is 1.47 bits per heavy atom. The first kappa shape index (κ1) is 14.1. The van der Waals surface area contributed by atoms with Gasteiger partial charge < -0.3 is 11.1 Å². The molecule has 0 aliphatic carbocycles. The first-order chi connectivity index (χ1) is 7.71. The molecule has 5 heteroatoms. The van der Waals surface area contributed by atoms with Crippen molar-refractivity contribution in [2.45, 2.75) is 26.8 Å². The largest absolute Gasteiger partial charge is 0.322 e. The molecule has 0 aliphatic rings. The van der Waals surface area contributed by atoms with Gasteiger partial charge in [0.05, 0.1) is 11.7 Å². The number of hydrogen-bond acceptors (Lipinski definition) is 2. The van der Waals surface area contributed by atoms with Crippen LogP contribution in [0.4, 0.5) is 10.1 Å². The maximum atomic E-state index is 13.4. The second kappa shape index (κ2) is 5.14. The number of nitrogens with two attached hydrogens (primary N) is 1. The van der Waals surface area contributed by atoms with Crippen LogP contribution in [-0.4, -0.2) is 11.9 Å². The minimum atomic E-state index is -0.694. The van der Waals surface area contributed by atoms with Crippen LogP contribution >= 0.6 is 15.9 Å². The van der Waals surface area contributed by atoms with Gasteiger partial charge in [-0.05, 0) is 23.6 Å². The molecule has 0 spiro atoms. The number of hydrogen-bond donors (Lipinski definition) is 2. The van der Waals surface area contributed by atoms with Gasteiger partial charge in [-0.15, -0.1) is 0 Å². The van der Waals surface area contributed by atoms with Gasteiger partial charge in [0.2, 0.25) is 5.91 Å². The van der Waals surface area contributed by atoms with Gasteiger partial charge in [-0.1, -0.05) is 36.7 Å². The van der Waals surface area contributed by atoms with Crippen molar-refractivity contribution in [2.24, 2.45) is 11.1 Å². The Kier molecular flexibility index (Phi) is 4.27. The summed E-state index contributed by atoms with van der Waals surface area (Å²) in [6.45, 7) is 5.57. The average Bonchev–Trinajstić information content (AvgIpc) is 2.21. The van der Waals surface area contributed by atoms with E-state index in [1.54, 1.807) is 6.07 Å². The minimum absolute atomic E-state index is 0.129. The predicted octanol–water partition coefficient (Wildman–Crippen LogP) is 2.90. The topological polar surface area (TPSA) is 55.1 Å². The molecule has 3 N–H and O–H groups in total. The SMILES string of the molecule is CC(C)(C)[C@@H](N)C(=O)Nc1cc(Br)ccc1F. The van der Waals surface area contributed by atoms with E-state index in [0.29, 0.717) is 4.47 Å². The van der Waals surface area contributed by atoms with Gasteiger partial charge in [0, 0.05) is 4.47 Å². The third-order valence-electron chi connectivity index (χ3n) is 2.40. The van der Waals surface area contributed by atoms with Crippen molar-refractivity contribution in [2.75, 3.05) is 5.32 Å². The van der Waals surface area contributed by atoms with Crippen LogP contribution in [0.15, 0.2) is 22.7 Å². The molecule has 1 amide bonds. The van der Waals surface area contributed by atoms with Gasteiger partial charge in [-0.2, -0.15) is 0 Å². The second-order valence-electron chi connectivity index (χ2n) is 4.96. The lowest BCUT2D eigenvalue weighted by Gasteiger charge is -2.25.